The molecule has 0 bridgehead atoms. The van der Waals surface area contributed by atoms with Crippen molar-refractivity contribution in [3.05, 3.63) is 0 Å². The third-order valence-electron chi connectivity index (χ3n) is 1.14. The first-order chi connectivity index (χ1) is 3.22. The van der Waals surface area contributed by atoms with Crippen LogP contribution in [0.1, 0.15) is 6.92 Å². The predicted molar refractivity (Wildman–Crippen MR) is 33.0 cm³/mol. The van der Waals surface area contributed by atoms with Gasteiger partial charge in [-0.25, -0.2) is 0 Å². The Morgan fingerprint density at radius 3 is 2.43 bits per heavy atom. The predicted octanol–water partition coefficient (Wildman–Crippen LogP) is -0.0659. The second-order valence-corrected chi connectivity index (χ2v) is 2.26. The number of nitrogens with two attached hydrogens (primary N) is 1. The van der Waals surface area contributed by atoms with E-state index in [2.05, 4.69) is 19.1 Å². The van der Waals surface area contributed by atoms with E-state index in [0.717, 1.165) is 6.54 Å². The first kappa shape index (κ1) is 4.84. The molecular weight excluding hydrogens is 108 g/mol. The zero-order valence-corrected chi connectivity index (χ0v) is 5.03. The van der Waals surface area contributed by atoms with Gasteiger partial charge in [-0.3, -0.25) is 0 Å². The van der Waals surface area contributed by atoms with Crippen molar-refractivity contribution in [3.8, 4) is 0 Å². The van der Waals surface area contributed by atoms with Crippen molar-refractivity contribution in [1.82, 2.24) is 4.90 Å². The lowest BCUT2D eigenvalue weighted by molar-refractivity contribution is 0.770. The van der Waals surface area contributed by atoms with Crippen LogP contribution in [0.4, 0.5) is 0 Å². The van der Waals surface area contributed by atoms with Crippen molar-refractivity contribution < 1.29 is 0 Å². The highest BCUT2D eigenvalue weighted by atomic mass is 32.1. The van der Waals surface area contributed by atoms with Crippen LogP contribution in [0.25, 0.3) is 0 Å². The minimum absolute atomic E-state index is 0.535. The van der Waals surface area contributed by atoms with Gasteiger partial charge in [-0.2, -0.15) is 0 Å². The first-order valence-corrected chi connectivity index (χ1v) is 2.68. The summed E-state index contributed by atoms with van der Waals surface area (Å²) in [6.07, 6.45) is 0. The highest BCUT2D eigenvalue weighted by Crippen LogP contribution is 2.13. The summed E-state index contributed by atoms with van der Waals surface area (Å²) >= 11 is 4.66. The number of rotatable bonds is 0. The number of hydrogen-bond donors (Lipinski definition) is 1. The van der Waals surface area contributed by atoms with Crippen molar-refractivity contribution in [2.75, 3.05) is 6.54 Å². The van der Waals surface area contributed by atoms with Gasteiger partial charge in [-0.05, 0) is 19.1 Å². The van der Waals surface area contributed by atoms with E-state index >= 15 is 0 Å². The molecule has 0 radical (unpaired) electrons. The summed E-state index contributed by atoms with van der Waals surface area (Å²) in [6, 6.07) is 0.609. The zero-order valence-electron chi connectivity index (χ0n) is 4.22. The molecular formula is C4H8N2S. The molecule has 0 aromatic carbocycles. The largest absolute Gasteiger partial charge is 0.376 e. The molecule has 2 N–H and O–H groups in total. The lowest BCUT2D eigenvalue weighted by Gasteiger charge is -1.94. The molecule has 1 aliphatic rings. The molecule has 1 saturated heterocycles. The van der Waals surface area contributed by atoms with E-state index in [1.54, 1.807) is 0 Å². The van der Waals surface area contributed by atoms with Crippen LogP contribution in [0.3, 0.4) is 0 Å². The van der Waals surface area contributed by atoms with E-state index in [4.69, 9.17) is 5.73 Å². The molecule has 1 atom stereocenters. The third kappa shape index (κ3) is 0.825. The molecule has 1 heterocycles. The Hall–Kier alpha value is -0.310. The minimum atomic E-state index is 0.535. The Bertz CT molecular complexity index is 102. The topological polar surface area (TPSA) is 29.0 Å². The van der Waals surface area contributed by atoms with Gasteiger partial charge in [0.25, 0.3) is 0 Å². The molecule has 0 amide bonds. The summed E-state index contributed by atoms with van der Waals surface area (Å²) in [4.78, 5) is 1.97. The van der Waals surface area contributed by atoms with Crippen LogP contribution in [0, 0.1) is 0 Å². The molecule has 7 heavy (non-hydrogen) atoms. The van der Waals surface area contributed by atoms with Gasteiger partial charge in [-0.15, -0.1) is 0 Å². The highest BCUT2D eigenvalue weighted by molar-refractivity contribution is 7.80. The molecule has 1 aliphatic heterocycles. The van der Waals surface area contributed by atoms with Crippen LogP contribution in [-0.4, -0.2) is 22.6 Å². The number of hydrogen-bond acceptors (Lipinski definition) is 1. The average Bonchev–Trinajstić information content (AvgIpc) is 2.17. The van der Waals surface area contributed by atoms with Gasteiger partial charge in [0.2, 0.25) is 0 Å². The lowest BCUT2D eigenvalue weighted by atomic mass is 10.6. The maximum atomic E-state index is 5.25. The maximum Gasteiger partial charge on any atom is 0.166 e. The SMILES string of the molecule is C[C@H]1CN1C(N)=S. The first-order valence-electron chi connectivity index (χ1n) is 2.28. The van der Waals surface area contributed by atoms with Crippen molar-refractivity contribution in [2.45, 2.75) is 13.0 Å². The zero-order chi connectivity index (χ0) is 5.44. The second-order valence-electron chi connectivity index (χ2n) is 1.84. The Morgan fingerprint density at radius 2 is 2.43 bits per heavy atom. The quantitative estimate of drug-likeness (QED) is 0.355. The maximum absolute atomic E-state index is 5.25. The summed E-state index contributed by atoms with van der Waals surface area (Å²) in [5.74, 6) is 0. The third-order valence-corrected chi connectivity index (χ3v) is 1.38. The molecule has 0 aromatic heterocycles. The summed E-state index contributed by atoms with van der Waals surface area (Å²) in [6.45, 7) is 3.15. The van der Waals surface area contributed by atoms with Crippen LogP contribution in [0.2, 0.25) is 0 Å². The van der Waals surface area contributed by atoms with Crippen LogP contribution in [0.5, 0.6) is 0 Å². The Labute approximate surface area is 48.3 Å². The van der Waals surface area contributed by atoms with Crippen LogP contribution in [0.15, 0.2) is 0 Å². The molecule has 0 aliphatic carbocycles. The van der Waals surface area contributed by atoms with E-state index in [9.17, 15) is 0 Å². The Kier molecular flexibility index (Phi) is 0.922. The van der Waals surface area contributed by atoms with Crippen LogP contribution < -0.4 is 5.73 Å². The van der Waals surface area contributed by atoms with Gasteiger partial charge in [0.1, 0.15) is 0 Å². The highest BCUT2D eigenvalue weighted by Gasteiger charge is 2.29. The lowest BCUT2D eigenvalue weighted by Crippen LogP contribution is -2.19. The number of nitrogens with zero attached hydrogens (tertiary/aromatic N) is 1. The average molecular weight is 116 g/mol. The van der Waals surface area contributed by atoms with E-state index in [0.29, 0.717) is 11.2 Å². The van der Waals surface area contributed by atoms with E-state index in [-0.39, 0.29) is 0 Å². The smallest absolute Gasteiger partial charge is 0.166 e. The van der Waals surface area contributed by atoms with Crippen LogP contribution in [-0.2, 0) is 0 Å². The molecule has 0 unspecified atom stereocenters. The van der Waals surface area contributed by atoms with Crippen molar-refractivity contribution in [1.29, 1.82) is 0 Å². The summed E-state index contributed by atoms with van der Waals surface area (Å²) in [7, 11) is 0. The van der Waals surface area contributed by atoms with Crippen molar-refractivity contribution in [2.24, 2.45) is 5.73 Å². The fraction of sp³-hybridized carbons (Fsp3) is 0.750. The molecule has 0 aromatic rings. The molecule has 2 nitrogen and oxygen atoms in total. The minimum Gasteiger partial charge on any atom is -0.376 e. The molecule has 0 saturated carbocycles. The van der Waals surface area contributed by atoms with Gasteiger partial charge < -0.3 is 10.6 Å². The Balaban J connectivity index is 2.33. The van der Waals surface area contributed by atoms with Gasteiger partial charge in [0, 0.05) is 12.6 Å². The van der Waals surface area contributed by atoms with E-state index < -0.39 is 0 Å². The molecule has 0 spiro atoms. The van der Waals surface area contributed by atoms with E-state index in [1.807, 2.05) is 4.90 Å². The van der Waals surface area contributed by atoms with Crippen molar-refractivity contribution in [3.63, 3.8) is 0 Å². The van der Waals surface area contributed by atoms with Gasteiger partial charge >= 0.3 is 0 Å². The Morgan fingerprint density at radius 1 is 2.00 bits per heavy atom. The second kappa shape index (κ2) is 1.33. The van der Waals surface area contributed by atoms with Gasteiger partial charge in [0.05, 0.1) is 0 Å². The van der Waals surface area contributed by atoms with E-state index in [1.165, 1.54) is 0 Å². The summed E-state index contributed by atoms with van der Waals surface area (Å²) in [5.41, 5.74) is 5.25. The monoisotopic (exact) mass is 116 g/mol. The van der Waals surface area contributed by atoms with Crippen molar-refractivity contribution >= 4 is 17.3 Å². The fourth-order valence-corrected chi connectivity index (χ4v) is 0.799. The van der Waals surface area contributed by atoms with Crippen LogP contribution >= 0.6 is 12.2 Å². The molecule has 3 heteroatoms. The van der Waals surface area contributed by atoms with Gasteiger partial charge in [0.15, 0.2) is 5.11 Å². The standard InChI is InChI=1S/C4H8N2S/c1-3-2-6(3)4(5)7/h3H,2H2,1H3,(H2,5,7)/t3-,6?/m0/s1. The summed E-state index contributed by atoms with van der Waals surface area (Å²) < 4.78 is 0. The normalized spacial score (nSPS) is 27.6. The fourth-order valence-electron chi connectivity index (χ4n) is 0.545. The summed E-state index contributed by atoms with van der Waals surface area (Å²) in [5, 5.41) is 0.535. The van der Waals surface area contributed by atoms with Gasteiger partial charge in [-0.1, -0.05) is 0 Å². The number of thiocarbonyl (C=S) groups is 1. The molecule has 1 fully saturated rings. The molecule has 40 valence electrons. The molecule has 1 rings (SSSR count).